The summed E-state index contributed by atoms with van der Waals surface area (Å²) in [6, 6.07) is 14.9. The average Bonchev–Trinajstić information content (AvgIpc) is 3.56. The van der Waals surface area contributed by atoms with Crippen LogP contribution in [-0.2, 0) is 16.2 Å². The molecule has 0 unspecified atom stereocenters. The van der Waals surface area contributed by atoms with Gasteiger partial charge in [0, 0.05) is 10.6 Å². The first kappa shape index (κ1) is 18.8. The molecule has 2 amide bonds. The largest absolute Gasteiger partial charge is 0.488 e. The minimum Gasteiger partial charge on any atom is -0.488 e. The quantitative estimate of drug-likeness (QED) is 0.402. The van der Waals surface area contributed by atoms with Gasteiger partial charge >= 0.3 is 0 Å². The van der Waals surface area contributed by atoms with E-state index >= 15 is 0 Å². The number of hydrogen-bond donors (Lipinski definition) is 0. The van der Waals surface area contributed by atoms with Crippen LogP contribution < -0.4 is 4.74 Å². The molecule has 6 atom stereocenters. The summed E-state index contributed by atoms with van der Waals surface area (Å²) in [6.07, 6.45) is 7.03. The van der Waals surface area contributed by atoms with Crippen molar-refractivity contribution in [3.8, 4) is 5.75 Å². The van der Waals surface area contributed by atoms with Crippen LogP contribution in [0.1, 0.15) is 17.5 Å². The van der Waals surface area contributed by atoms with E-state index in [-0.39, 0.29) is 35.5 Å². The van der Waals surface area contributed by atoms with Gasteiger partial charge in [0.25, 0.3) is 11.8 Å². The van der Waals surface area contributed by atoms with Crippen LogP contribution in [-0.4, -0.2) is 23.0 Å². The summed E-state index contributed by atoms with van der Waals surface area (Å²) in [5.41, 5.74) is 1.67. The van der Waals surface area contributed by atoms with Gasteiger partial charge in [-0.05, 0) is 59.9 Å². The first-order valence-corrected chi connectivity index (χ1v) is 11.1. The van der Waals surface area contributed by atoms with E-state index in [0.717, 1.165) is 17.0 Å². The summed E-state index contributed by atoms with van der Waals surface area (Å²) in [6.45, 7) is 0.356. The number of amides is 2. The Morgan fingerprint density at radius 1 is 1.00 bits per heavy atom. The molecule has 0 N–H and O–H groups in total. The number of carbonyl (C=O) groups excluding carboxylic acids is 2. The van der Waals surface area contributed by atoms with Crippen LogP contribution in [0.3, 0.4) is 0 Å². The Labute approximate surface area is 185 Å². The Balaban J connectivity index is 1.21. The van der Waals surface area contributed by atoms with Gasteiger partial charge in [0.15, 0.2) is 0 Å². The first-order valence-electron chi connectivity index (χ1n) is 10.7. The Bertz CT molecular complexity index is 1110. The first-order chi connectivity index (χ1) is 15.1. The van der Waals surface area contributed by atoms with E-state index in [0.29, 0.717) is 34.8 Å². The summed E-state index contributed by atoms with van der Waals surface area (Å²) in [4.78, 5) is 26.1. The number of allylic oxidation sites excluding steroid dienone is 2. The second kappa shape index (κ2) is 7.06. The van der Waals surface area contributed by atoms with E-state index < -0.39 is 0 Å². The van der Waals surface area contributed by atoms with Crippen molar-refractivity contribution in [1.29, 1.82) is 0 Å². The molecule has 2 aromatic rings. The van der Waals surface area contributed by atoms with Crippen molar-refractivity contribution in [1.82, 2.24) is 5.01 Å². The van der Waals surface area contributed by atoms with Crippen molar-refractivity contribution in [2.45, 2.75) is 13.0 Å². The van der Waals surface area contributed by atoms with Crippen molar-refractivity contribution in [2.24, 2.45) is 40.6 Å². The lowest BCUT2D eigenvalue weighted by Crippen LogP contribution is -2.40. The molecule has 156 valence electrons. The zero-order chi connectivity index (χ0) is 21.1. The molecule has 2 bridgehead atoms. The fourth-order valence-corrected chi connectivity index (χ4v) is 5.89. The molecule has 3 fully saturated rings. The maximum Gasteiger partial charge on any atom is 0.254 e. The average molecular weight is 433 g/mol. The third-order valence-electron chi connectivity index (χ3n) is 7.15. The number of ether oxygens (including phenoxy) is 1. The van der Waals surface area contributed by atoms with Crippen LogP contribution in [0.15, 0.2) is 65.8 Å². The second-order valence-corrected chi connectivity index (χ2v) is 9.28. The van der Waals surface area contributed by atoms with E-state index in [9.17, 15) is 9.59 Å². The predicted molar refractivity (Wildman–Crippen MR) is 116 cm³/mol. The maximum absolute atomic E-state index is 13.1. The molecule has 5 nitrogen and oxygen atoms in total. The topological polar surface area (TPSA) is 59.0 Å². The molecular formula is C25H21ClN2O3. The highest BCUT2D eigenvalue weighted by atomic mass is 35.5. The molecule has 2 saturated carbocycles. The molecule has 5 aliphatic rings. The third-order valence-corrected chi connectivity index (χ3v) is 7.39. The van der Waals surface area contributed by atoms with Crippen LogP contribution in [0, 0.1) is 35.5 Å². The number of benzene rings is 2. The van der Waals surface area contributed by atoms with Crippen LogP contribution in [0.25, 0.3) is 0 Å². The number of nitrogens with zero attached hydrogens (tertiary/aromatic N) is 2. The van der Waals surface area contributed by atoms with E-state index in [1.807, 2.05) is 48.5 Å². The van der Waals surface area contributed by atoms with Gasteiger partial charge < -0.3 is 4.74 Å². The molecule has 2 aromatic carbocycles. The zero-order valence-electron chi connectivity index (χ0n) is 16.7. The number of carbonyl (C=O) groups is 2. The van der Waals surface area contributed by atoms with Crippen molar-refractivity contribution in [3.63, 3.8) is 0 Å². The standard InChI is InChI=1S/C25H21ClN2O3/c26-16-6-3-4-14(10-16)13-31-21-7-2-1-5-15(21)12-27-28-24(29)22-17-8-9-18(20-11-19(17)20)23(22)25(28)30/h1-10,12,17-20,22-23H,11,13H2/b27-12-/t17-,18-,19-,20+,22-,23+/m0/s1. The van der Waals surface area contributed by atoms with Gasteiger partial charge in [-0.3, -0.25) is 9.59 Å². The van der Waals surface area contributed by atoms with Crippen LogP contribution in [0.2, 0.25) is 5.02 Å². The fraction of sp³-hybridized carbons (Fsp3) is 0.320. The number of hydrogen-bond acceptors (Lipinski definition) is 4. The number of imide groups is 1. The molecule has 1 saturated heterocycles. The Hall–Kier alpha value is -2.92. The van der Waals surface area contributed by atoms with Crippen molar-refractivity contribution < 1.29 is 14.3 Å². The molecule has 7 rings (SSSR count). The van der Waals surface area contributed by atoms with Gasteiger partial charge in [-0.2, -0.15) is 10.1 Å². The Morgan fingerprint density at radius 3 is 2.42 bits per heavy atom. The van der Waals surface area contributed by atoms with E-state index in [4.69, 9.17) is 16.3 Å². The summed E-state index contributed by atoms with van der Waals surface area (Å²) in [7, 11) is 0. The van der Waals surface area contributed by atoms with Crippen molar-refractivity contribution >= 4 is 29.6 Å². The smallest absolute Gasteiger partial charge is 0.254 e. The van der Waals surface area contributed by atoms with Crippen LogP contribution in [0.5, 0.6) is 5.75 Å². The molecule has 31 heavy (non-hydrogen) atoms. The van der Waals surface area contributed by atoms with Crippen LogP contribution in [0.4, 0.5) is 0 Å². The second-order valence-electron chi connectivity index (χ2n) is 8.84. The minimum absolute atomic E-state index is 0.159. The Morgan fingerprint density at radius 2 is 1.71 bits per heavy atom. The van der Waals surface area contributed by atoms with E-state index in [1.165, 1.54) is 0 Å². The molecule has 6 heteroatoms. The minimum atomic E-state index is -0.238. The van der Waals surface area contributed by atoms with Gasteiger partial charge in [0.1, 0.15) is 12.4 Å². The molecule has 4 aliphatic carbocycles. The lowest BCUT2D eigenvalue weighted by Gasteiger charge is -2.37. The van der Waals surface area contributed by atoms with E-state index in [1.54, 1.807) is 6.21 Å². The highest BCUT2D eigenvalue weighted by molar-refractivity contribution is 6.30. The number of hydrazone groups is 1. The molecule has 0 aromatic heterocycles. The normalized spacial score (nSPS) is 32.5. The Kier molecular flexibility index (Phi) is 4.29. The van der Waals surface area contributed by atoms with Gasteiger partial charge in [-0.15, -0.1) is 0 Å². The lowest BCUT2D eigenvalue weighted by molar-refractivity contribution is -0.140. The van der Waals surface area contributed by atoms with Gasteiger partial charge in [-0.25, -0.2) is 0 Å². The predicted octanol–water partition coefficient (Wildman–Crippen LogP) is 4.31. The third kappa shape index (κ3) is 3.02. The van der Waals surface area contributed by atoms with Crippen molar-refractivity contribution in [2.75, 3.05) is 0 Å². The van der Waals surface area contributed by atoms with Gasteiger partial charge in [0.05, 0.1) is 18.1 Å². The molecule has 0 radical (unpaired) electrons. The number of para-hydroxylation sites is 1. The summed E-state index contributed by atoms with van der Waals surface area (Å²) >= 11 is 6.05. The van der Waals surface area contributed by atoms with Crippen molar-refractivity contribution in [3.05, 3.63) is 76.8 Å². The highest BCUT2D eigenvalue weighted by Gasteiger charge is 2.67. The highest BCUT2D eigenvalue weighted by Crippen LogP contribution is 2.65. The molecule has 1 heterocycles. The molecular weight excluding hydrogens is 412 g/mol. The number of halogens is 1. The SMILES string of the molecule is O=C1[C@@H]2[C@H]3C=C[C@@H]([C@@H]4C[C@H]34)[C@@H]2C(=O)N1/N=C\c1ccccc1OCc1cccc(Cl)c1. The summed E-state index contributed by atoms with van der Waals surface area (Å²) in [5.74, 6) is 1.40. The lowest BCUT2D eigenvalue weighted by atomic mass is 9.63. The molecule has 1 aliphatic heterocycles. The fourth-order valence-electron chi connectivity index (χ4n) is 5.68. The summed E-state index contributed by atoms with van der Waals surface area (Å²) < 4.78 is 5.96. The maximum atomic E-state index is 13.1. The monoisotopic (exact) mass is 432 g/mol. The van der Waals surface area contributed by atoms with Gasteiger partial charge in [-0.1, -0.05) is 48.0 Å². The molecule has 0 spiro atoms. The van der Waals surface area contributed by atoms with Gasteiger partial charge in [0.2, 0.25) is 0 Å². The van der Waals surface area contributed by atoms with E-state index in [2.05, 4.69) is 17.3 Å². The zero-order valence-corrected chi connectivity index (χ0v) is 17.5. The number of rotatable bonds is 5. The van der Waals surface area contributed by atoms with Crippen LogP contribution >= 0.6 is 11.6 Å². The summed E-state index contributed by atoms with van der Waals surface area (Å²) in [5, 5.41) is 6.08.